The van der Waals surface area contributed by atoms with Gasteiger partial charge in [0.15, 0.2) is 0 Å². The highest BCUT2D eigenvalue weighted by atomic mass is 35.5. The number of nitrogens with one attached hydrogen (secondary N) is 3. The molecule has 2 rings (SSSR count). The number of H-pyrrole nitrogens is 1. The normalized spacial score (nSPS) is 11.6. The number of benzene rings is 1. The average Bonchev–Trinajstić information content (AvgIpc) is 2.83. The van der Waals surface area contributed by atoms with E-state index in [0.29, 0.717) is 6.54 Å². The highest BCUT2D eigenvalue weighted by molar-refractivity contribution is 7.92. The summed E-state index contributed by atoms with van der Waals surface area (Å²) in [6, 6.07) is 4.97. The number of hydrogen-bond acceptors (Lipinski definition) is 3. The van der Waals surface area contributed by atoms with Crippen LogP contribution in [-0.2, 0) is 16.6 Å². The molecule has 0 bridgehead atoms. The Labute approximate surface area is 121 Å². The van der Waals surface area contributed by atoms with Crippen LogP contribution in [0.15, 0.2) is 35.4 Å². The maximum absolute atomic E-state index is 13.1. The Morgan fingerprint density at radius 3 is 2.80 bits per heavy atom. The molecular weight excluding hydrogens is 305 g/mol. The molecule has 108 valence electrons. The lowest BCUT2D eigenvalue weighted by atomic mass is 10.3. The van der Waals surface area contributed by atoms with E-state index in [0.717, 1.165) is 17.8 Å². The maximum Gasteiger partial charge on any atom is 0.263 e. The van der Waals surface area contributed by atoms with Crippen LogP contribution in [0.25, 0.3) is 0 Å². The molecule has 8 heteroatoms. The Morgan fingerprint density at radius 2 is 2.10 bits per heavy atom. The van der Waals surface area contributed by atoms with E-state index in [9.17, 15) is 12.8 Å². The van der Waals surface area contributed by atoms with E-state index in [-0.39, 0.29) is 15.6 Å². The molecule has 0 spiro atoms. The van der Waals surface area contributed by atoms with Gasteiger partial charge in [-0.2, -0.15) is 0 Å². The van der Waals surface area contributed by atoms with Crippen LogP contribution in [-0.4, -0.2) is 20.4 Å². The monoisotopic (exact) mass is 317 g/mol. The van der Waals surface area contributed by atoms with Gasteiger partial charge in [0.05, 0.1) is 10.7 Å². The lowest BCUT2D eigenvalue weighted by Gasteiger charge is -2.08. The number of sulfonamides is 1. The van der Waals surface area contributed by atoms with Crippen molar-refractivity contribution in [1.82, 2.24) is 10.3 Å². The highest BCUT2D eigenvalue weighted by Gasteiger charge is 2.17. The van der Waals surface area contributed by atoms with Crippen LogP contribution in [0.2, 0.25) is 5.02 Å². The molecule has 0 unspecified atom stereocenters. The van der Waals surface area contributed by atoms with Crippen LogP contribution in [0.3, 0.4) is 0 Å². The molecule has 2 aromatic rings. The van der Waals surface area contributed by atoms with Gasteiger partial charge in [0, 0.05) is 18.4 Å². The first-order valence-electron chi connectivity index (χ1n) is 5.72. The van der Waals surface area contributed by atoms with Crippen molar-refractivity contribution in [2.75, 3.05) is 11.8 Å². The van der Waals surface area contributed by atoms with E-state index in [1.54, 1.807) is 7.05 Å². The molecule has 0 aliphatic carbocycles. The second-order valence-electron chi connectivity index (χ2n) is 4.12. The van der Waals surface area contributed by atoms with Crippen molar-refractivity contribution in [2.24, 2.45) is 0 Å². The van der Waals surface area contributed by atoms with Crippen LogP contribution in [0.4, 0.5) is 10.1 Å². The third kappa shape index (κ3) is 3.30. The lowest BCUT2D eigenvalue weighted by molar-refractivity contribution is 0.601. The summed E-state index contributed by atoms with van der Waals surface area (Å²) in [5, 5.41) is 3.02. The molecule has 1 heterocycles. The zero-order valence-corrected chi connectivity index (χ0v) is 12.1. The zero-order valence-electron chi connectivity index (χ0n) is 10.6. The molecule has 0 aliphatic heterocycles. The van der Waals surface area contributed by atoms with Crippen molar-refractivity contribution < 1.29 is 12.8 Å². The zero-order chi connectivity index (χ0) is 14.8. The summed E-state index contributed by atoms with van der Waals surface area (Å²) >= 11 is 5.83. The molecule has 1 aromatic carbocycles. The Bertz CT molecular complexity index is 715. The fourth-order valence-corrected chi connectivity index (χ4v) is 2.95. The molecule has 0 aliphatic rings. The first-order chi connectivity index (χ1) is 9.42. The summed E-state index contributed by atoms with van der Waals surface area (Å²) in [4.78, 5) is 2.89. The van der Waals surface area contributed by atoms with E-state index in [1.165, 1.54) is 18.3 Å². The molecule has 0 atom stereocenters. The Kier molecular flexibility index (Phi) is 4.32. The van der Waals surface area contributed by atoms with Gasteiger partial charge < -0.3 is 10.3 Å². The molecular formula is C12H13ClFN3O2S. The first kappa shape index (κ1) is 14.8. The number of halogens is 2. The van der Waals surface area contributed by atoms with Crippen molar-refractivity contribution in [3.8, 4) is 0 Å². The second-order valence-corrected chi connectivity index (χ2v) is 6.21. The summed E-state index contributed by atoms with van der Waals surface area (Å²) < 4.78 is 39.7. The largest absolute Gasteiger partial charge is 0.363 e. The van der Waals surface area contributed by atoms with Crippen LogP contribution in [0, 0.1) is 5.82 Å². The van der Waals surface area contributed by atoms with Crippen molar-refractivity contribution in [2.45, 2.75) is 11.4 Å². The van der Waals surface area contributed by atoms with Gasteiger partial charge in [-0.3, -0.25) is 4.72 Å². The van der Waals surface area contributed by atoms with Gasteiger partial charge in [0.2, 0.25) is 0 Å². The van der Waals surface area contributed by atoms with Gasteiger partial charge in [-0.15, -0.1) is 0 Å². The van der Waals surface area contributed by atoms with Crippen LogP contribution < -0.4 is 10.0 Å². The standard InChI is InChI=1S/C12H13ClFN3O2S/c1-15-6-9-5-10(7-16-9)20(18,19)17-12-4-8(14)2-3-11(12)13/h2-5,7,15-17H,6H2,1H3. The number of aromatic nitrogens is 1. The van der Waals surface area contributed by atoms with Gasteiger partial charge in [-0.1, -0.05) is 11.6 Å². The first-order valence-corrected chi connectivity index (χ1v) is 7.58. The van der Waals surface area contributed by atoms with Gasteiger partial charge >= 0.3 is 0 Å². The molecule has 1 aromatic heterocycles. The van der Waals surface area contributed by atoms with Gasteiger partial charge in [0.25, 0.3) is 10.0 Å². The minimum atomic E-state index is -3.81. The second kappa shape index (κ2) is 5.82. The topological polar surface area (TPSA) is 74.0 Å². The highest BCUT2D eigenvalue weighted by Crippen LogP contribution is 2.25. The van der Waals surface area contributed by atoms with E-state index in [4.69, 9.17) is 11.6 Å². The van der Waals surface area contributed by atoms with Crippen molar-refractivity contribution in [1.29, 1.82) is 0 Å². The van der Waals surface area contributed by atoms with Crippen LogP contribution >= 0.6 is 11.6 Å². The number of rotatable bonds is 5. The molecule has 0 amide bonds. The summed E-state index contributed by atoms with van der Waals surface area (Å²) in [5.74, 6) is -0.572. The molecule has 0 fully saturated rings. The summed E-state index contributed by atoms with van der Waals surface area (Å²) in [6.07, 6.45) is 1.36. The fraction of sp³-hybridized carbons (Fsp3) is 0.167. The van der Waals surface area contributed by atoms with Gasteiger partial charge in [0.1, 0.15) is 10.7 Å². The molecule has 0 saturated carbocycles. The van der Waals surface area contributed by atoms with E-state index < -0.39 is 15.8 Å². The molecule has 3 N–H and O–H groups in total. The summed E-state index contributed by atoms with van der Waals surface area (Å²) in [7, 11) is -2.06. The van der Waals surface area contributed by atoms with E-state index in [2.05, 4.69) is 15.0 Å². The number of hydrogen-bond donors (Lipinski definition) is 3. The third-order valence-corrected chi connectivity index (χ3v) is 4.24. The van der Waals surface area contributed by atoms with Crippen LogP contribution in [0.5, 0.6) is 0 Å². The Hall–Kier alpha value is -1.57. The maximum atomic E-state index is 13.1. The van der Waals surface area contributed by atoms with Gasteiger partial charge in [-0.25, -0.2) is 12.8 Å². The molecule has 20 heavy (non-hydrogen) atoms. The average molecular weight is 318 g/mol. The number of anilines is 1. The lowest BCUT2D eigenvalue weighted by Crippen LogP contribution is -2.12. The number of aromatic amines is 1. The predicted octanol–water partition coefficient (Wildman–Crippen LogP) is 2.33. The quantitative estimate of drug-likeness (QED) is 0.792. The summed E-state index contributed by atoms with van der Waals surface area (Å²) in [6.45, 7) is 0.510. The van der Waals surface area contributed by atoms with Crippen molar-refractivity contribution in [3.05, 3.63) is 47.0 Å². The van der Waals surface area contributed by atoms with E-state index >= 15 is 0 Å². The third-order valence-electron chi connectivity index (χ3n) is 2.57. The minimum Gasteiger partial charge on any atom is -0.363 e. The van der Waals surface area contributed by atoms with Gasteiger partial charge in [-0.05, 0) is 31.3 Å². The SMILES string of the molecule is CNCc1cc(S(=O)(=O)Nc2cc(F)ccc2Cl)c[nH]1. The minimum absolute atomic E-state index is 0.00281. The van der Waals surface area contributed by atoms with E-state index in [1.807, 2.05) is 0 Å². The van der Waals surface area contributed by atoms with Crippen LogP contribution in [0.1, 0.15) is 5.69 Å². The fourth-order valence-electron chi connectivity index (χ4n) is 1.65. The van der Waals surface area contributed by atoms with Crippen molar-refractivity contribution in [3.63, 3.8) is 0 Å². The Balaban J connectivity index is 2.28. The molecule has 5 nitrogen and oxygen atoms in total. The Morgan fingerprint density at radius 1 is 1.35 bits per heavy atom. The molecule has 0 saturated heterocycles. The molecule has 0 radical (unpaired) electrons. The smallest absolute Gasteiger partial charge is 0.263 e. The predicted molar refractivity (Wildman–Crippen MR) is 75.8 cm³/mol. The van der Waals surface area contributed by atoms with Crippen molar-refractivity contribution >= 4 is 27.3 Å². The summed E-state index contributed by atoms with van der Waals surface area (Å²) in [5.41, 5.74) is 0.723.